The van der Waals surface area contributed by atoms with Gasteiger partial charge in [-0.25, -0.2) is 13.1 Å². The highest BCUT2D eigenvalue weighted by molar-refractivity contribution is 7.88. The van der Waals surface area contributed by atoms with Crippen molar-refractivity contribution < 1.29 is 37.4 Å². The Bertz CT molecular complexity index is 1460. The zero-order valence-electron chi connectivity index (χ0n) is 27.4. The second kappa shape index (κ2) is 18.9. The van der Waals surface area contributed by atoms with Crippen LogP contribution in [0.25, 0.3) is 5.70 Å². The third-order valence-corrected chi connectivity index (χ3v) is 8.43. The fourth-order valence-electron chi connectivity index (χ4n) is 4.51. The van der Waals surface area contributed by atoms with Gasteiger partial charge in [-0.1, -0.05) is 67.6 Å². The fraction of sp³-hybridized carbons (Fsp3) is 0.471. The summed E-state index contributed by atoms with van der Waals surface area (Å²) in [6, 6.07) is 14.6. The minimum Gasteiger partial charge on any atom is -0.481 e. The number of nitrogens with two attached hydrogens (primary N) is 1. The molecule has 0 aliphatic carbocycles. The summed E-state index contributed by atoms with van der Waals surface area (Å²) in [7, 11) is -3.94. The Kier molecular flexibility index (Phi) is 15.7. The van der Waals surface area contributed by atoms with Crippen LogP contribution in [0.4, 0.5) is 0 Å². The van der Waals surface area contributed by atoms with Crippen LogP contribution >= 0.6 is 0 Å². The number of carbonyl (C=O) groups excluding carboxylic acids is 3. The number of carbonyl (C=O) groups is 4. The molecule has 2 aromatic rings. The summed E-state index contributed by atoms with van der Waals surface area (Å²) in [4.78, 5) is 49.6. The molecule has 2 rings (SSSR count). The molecular formula is C34H48N4O8S. The van der Waals surface area contributed by atoms with Gasteiger partial charge in [0.1, 0.15) is 6.04 Å². The lowest BCUT2D eigenvalue weighted by Crippen LogP contribution is -2.47. The van der Waals surface area contributed by atoms with Gasteiger partial charge in [-0.05, 0) is 50.3 Å². The number of ketones is 1. The molecule has 13 heteroatoms. The highest BCUT2D eigenvalue weighted by Gasteiger charge is 2.30. The van der Waals surface area contributed by atoms with Crippen molar-refractivity contribution in [3.8, 4) is 0 Å². The SMILES string of the molecule is C=C(N)c1ccc(CNC(=O)[C@H](CCCCNC(=O)CCC(=O)O)CC(=O)[C@@H](COC(C)(C)C)NS(=O)(=O)Cc2ccccc2)cc1. The molecule has 0 bridgehead atoms. The Morgan fingerprint density at radius 1 is 0.936 bits per heavy atom. The van der Waals surface area contributed by atoms with Gasteiger partial charge in [-0.2, -0.15) is 0 Å². The molecule has 258 valence electrons. The summed E-state index contributed by atoms with van der Waals surface area (Å²) in [5, 5.41) is 14.3. The molecule has 0 fully saturated rings. The molecule has 0 heterocycles. The second-order valence-electron chi connectivity index (χ2n) is 12.4. The number of rotatable bonds is 21. The smallest absolute Gasteiger partial charge is 0.303 e. The van der Waals surface area contributed by atoms with Gasteiger partial charge in [-0.3, -0.25) is 19.2 Å². The fourth-order valence-corrected chi connectivity index (χ4v) is 5.86. The second-order valence-corrected chi connectivity index (χ2v) is 14.1. The highest BCUT2D eigenvalue weighted by Crippen LogP contribution is 2.18. The number of nitrogens with one attached hydrogen (secondary N) is 3. The quantitative estimate of drug-likeness (QED) is 0.124. The van der Waals surface area contributed by atoms with E-state index in [1.165, 1.54) is 0 Å². The lowest BCUT2D eigenvalue weighted by atomic mass is 9.92. The van der Waals surface area contributed by atoms with E-state index in [-0.39, 0.29) is 62.9 Å². The van der Waals surface area contributed by atoms with Crippen molar-refractivity contribution in [2.75, 3.05) is 13.2 Å². The standard InChI is InChI=1S/C34H48N4O8S/c1-24(35)27-15-13-25(14-16-27)21-37-33(43)28(12-8-9-19-36-31(40)17-18-32(41)42)20-30(39)29(22-46-34(2,3)4)38-47(44,45)23-26-10-6-5-7-11-26/h5-7,10-11,13-16,28-29,38H,1,8-9,12,17-23,35H2,2-4H3,(H,36,40)(H,37,43)(H,41,42)/t28-,29-/m1/s1. The van der Waals surface area contributed by atoms with Crippen molar-refractivity contribution in [1.82, 2.24) is 15.4 Å². The molecule has 0 saturated heterocycles. The molecule has 47 heavy (non-hydrogen) atoms. The summed E-state index contributed by atoms with van der Waals surface area (Å²) in [6.45, 7) is 9.34. The van der Waals surface area contributed by atoms with E-state index >= 15 is 0 Å². The molecule has 0 aliphatic rings. The average molecular weight is 673 g/mol. The van der Waals surface area contributed by atoms with Crippen LogP contribution in [0.5, 0.6) is 0 Å². The van der Waals surface area contributed by atoms with Crippen LogP contribution in [-0.2, 0) is 46.2 Å². The van der Waals surface area contributed by atoms with Crippen molar-refractivity contribution in [3.05, 3.63) is 77.9 Å². The van der Waals surface area contributed by atoms with Crippen LogP contribution in [0.15, 0.2) is 61.2 Å². The normalized spacial score (nSPS) is 12.9. The lowest BCUT2D eigenvalue weighted by molar-refractivity contribution is -0.138. The number of aliphatic carboxylic acids is 1. The summed E-state index contributed by atoms with van der Waals surface area (Å²) < 4.78 is 34.5. The number of sulfonamides is 1. The van der Waals surface area contributed by atoms with E-state index in [0.29, 0.717) is 24.1 Å². The molecule has 0 aliphatic heterocycles. The Balaban J connectivity index is 2.15. The van der Waals surface area contributed by atoms with Gasteiger partial charge in [0.05, 0.1) is 24.4 Å². The molecule has 2 amide bonds. The van der Waals surface area contributed by atoms with Crippen molar-refractivity contribution in [2.24, 2.45) is 11.7 Å². The number of hydrogen-bond donors (Lipinski definition) is 5. The van der Waals surface area contributed by atoms with Crippen LogP contribution in [0.1, 0.15) is 76.0 Å². The number of amides is 2. The van der Waals surface area contributed by atoms with E-state index in [2.05, 4.69) is 21.9 Å². The summed E-state index contributed by atoms with van der Waals surface area (Å²) in [6.07, 6.45) is 0.609. The Labute approximate surface area is 277 Å². The first-order valence-electron chi connectivity index (χ1n) is 15.5. The summed E-state index contributed by atoms with van der Waals surface area (Å²) in [5.41, 5.74) is 7.63. The minimum atomic E-state index is -3.94. The van der Waals surface area contributed by atoms with Crippen LogP contribution in [0.3, 0.4) is 0 Å². The largest absolute Gasteiger partial charge is 0.481 e. The van der Waals surface area contributed by atoms with Gasteiger partial charge in [0, 0.05) is 37.5 Å². The number of benzene rings is 2. The summed E-state index contributed by atoms with van der Waals surface area (Å²) in [5.74, 6) is -3.42. The molecule has 0 radical (unpaired) electrons. The first kappa shape index (κ1) is 39.1. The number of hydrogen-bond acceptors (Lipinski definition) is 8. The van der Waals surface area contributed by atoms with E-state index in [9.17, 15) is 27.6 Å². The third-order valence-electron chi connectivity index (χ3n) is 7.07. The number of unbranched alkanes of at least 4 members (excludes halogenated alkanes) is 1. The molecule has 12 nitrogen and oxygen atoms in total. The molecule has 6 N–H and O–H groups in total. The highest BCUT2D eigenvalue weighted by atomic mass is 32.2. The van der Waals surface area contributed by atoms with E-state index < -0.39 is 39.3 Å². The molecule has 0 unspecified atom stereocenters. The predicted molar refractivity (Wildman–Crippen MR) is 180 cm³/mol. The van der Waals surface area contributed by atoms with Crippen molar-refractivity contribution in [2.45, 2.75) is 83.2 Å². The Hall–Kier alpha value is -4.07. The number of ether oxygens (including phenoxy) is 1. The van der Waals surface area contributed by atoms with Gasteiger partial charge in [0.25, 0.3) is 0 Å². The first-order chi connectivity index (χ1) is 22.0. The molecular weight excluding hydrogens is 624 g/mol. The van der Waals surface area contributed by atoms with Crippen LogP contribution in [0.2, 0.25) is 0 Å². The van der Waals surface area contributed by atoms with E-state index in [1.54, 1.807) is 63.2 Å². The van der Waals surface area contributed by atoms with Gasteiger partial charge < -0.3 is 26.2 Å². The van der Waals surface area contributed by atoms with E-state index in [4.69, 9.17) is 15.6 Å². The Morgan fingerprint density at radius 3 is 2.19 bits per heavy atom. The van der Waals surface area contributed by atoms with E-state index in [1.807, 2.05) is 12.1 Å². The predicted octanol–water partition coefficient (Wildman–Crippen LogP) is 3.26. The maximum atomic E-state index is 13.7. The number of Topliss-reactive ketones (excluding diaryl/α,β-unsaturated/α-hetero) is 1. The maximum absolute atomic E-state index is 13.7. The monoisotopic (exact) mass is 672 g/mol. The topological polar surface area (TPSA) is 194 Å². The molecule has 2 aromatic carbocycles. The lowest BCUT2D eigenvalue weighted by Gasteiger charge is -2.26. The first-order valence-corrected chi connectivity index (χ1v) is 17.2. The van der Waals surface area contributed by atoms with Crippen molar-refractivity contribution in [3.63, 3.8) is 0 Å². The van der Waals surface area contributed by atoms with Gasteiger partial charge in [0.2, 0.25) is 21.8 Å². The van der Waals surface area contributed by atoms with Crippen molar-refractivity contribution in [1.29, 1.82) is 0 Å². The van der Waals surface area contributed by atoms with Crippen LogP contribution < -0.4 is 21.1 Å². The zero-order chi connectivity index (χ0) is 35.0. The molecule has 0 spiro atoms. The van der Waals surface area contributed by atoms with Gasteiger partial charge >= 0.3 is 5.97 Å². The molecule has 2 atom stereocenters. The third kappa shape index (κ3) is 16.4. The van der Waals surface area contributed by atoms with E-state index in [0.717, 1.165) is 11.1 Å². The number of carboxylic acids is 1. The minimum absolute atomic E-state index is 0.132. The van der Waals surface area contributed by atoms with Gasteiger partial charge in [0.15, 0.2) is 5.78 Å². The zero-order valence-corrected chi connectivity index (χ0v) is 28.2. The Morgan fingerprint density at radius 2 is 1.60 bits per heavy atom. The molecule has 0 aromatic heterocycles. The van der Waals surface area contributed by atoms with Gasteiger partial charge in [-0.15, -0.1) is 0 Å². The maximum Gasteiger partial charge on any atom is 0.303 e. The van der Waals surface area contributed by atoms with Crippen LogP contribution in [0, 0.1) is 5.92 Å². The average Bonchev–Trinajstić information content (AvgIpc) is 3.00. The molecule has 0 saturated carbocycles. The van der Waals surface area contributed by atoms with Crippen LogP contribution in [-0.4, -0.2) is 61.9 Å². The number of carboxylic acid groups (broad SMARTS) is 1. The van der Waals surface area contributed by atoms with Crippen molar-refractivity contribution >= 4 is 39.3 Å². The summed E-state index contributed by atoms with van der Waals surface area (Å²) >= 11 is 0.